The smallest absolute Gasteiger partial charge is 0.337 e. The zero-order chi connectivity index (χ0) is 22.3. The molecule has 1 fully saturated rings. The molecule has 1 amide bonds. The Morgan fingerprint density at radius 3 is 2.33 bits per heavy atom. The first-order chi connectivity index (χ1) is 13.9. The van der Waals surface area contributed by atoms with Crippen LogP contribution in [-0.2, 0) is 23.2 Å². The van der Waals surface area contributed by atoms with Crippen LogP contribution in [0.1, 0.15) is 33.9 Å². The van der Waals surface area contributed by atoms with Crippen molar-refractivity contribution < 1.29 is 26.4 Å². The third kappa shape index (κ3) is 4.19. The average molecular weight is 445 g/mol. The Morgan fingerprint density at radius 2 is 1.80 bits per heavy atom. The highest BCUT2D eigenvalue weighted by molar-refractivity contribution is 7.89. The van der Waals surface area contributed by atoms with Crippen molar-refractivity contribution in [3.63, 3.8) is 0 Å². The maximum Gasteiger partial charge on any atom is 0.433 e. The summed E-state index contributed by atoms with van der Waals surface area (Å²) in [5.74, 6) is -0.482. The van der Waals surface area contributed by atoms with Gasteiger partial charge in [-0.2, -0.15) is 22.6 Å². The number of aromatic nitrogens is 3. The van der Waals surface area contributed by atoms with E-state index in [4.69, 9.17) is 0 Å². The van der Waals surface area contributed by atoms with E-state index in [1.165, 1.54) is 13.9 Å². The van der Waals surface area contributed by atoms with Gasteiger partial charge < -0.3 is 4.90 Å². The number of carbonyl (C=O) groups is 1. The maximum atomic E-state index is 13.1. The lowest BCUT2D eigenvalue weighted by Gasteiger charge is -2.22. The second kappa shape index (κ2) is 7.99. The van der Waals surface area contributed by atoms with Gasteiger partial charge in [0.05, 0.1) is 17.0 Å². The fourth-order valence-corrected chi connectivity index (χ4v) is 5.33. The van der Waals surface area contributed by atoms with Gasteiger partial charge in [0.2, 0.25) is 10.0 Å². The number of sulfonamides is 1. The van der Waals surface area contributed by atoms with Crippen LogP contribution in [0.3, 0.4) is 0 Å². The number of carbonyl (C=O) groups excluding carboxylic acids is 1. The predicted octanol–water partition coefficient (Wildman–Crippen LogP) is 1.99. The highest BCUT2D eigenvalue weighted by Crippen LogP contribution is 2.28. The molecule has 2 aromatic heterocycles. The van der Waals surface area contributed by atoms with E-state index in [0.29, 0.717) is 17.8 Å². The summed E-state index contributed by atoms with van der Waals surface area (Å²) >= 11 is 0. The van der Waals surface area contributed by atoms with E-state index in [1.54, 1.807) is 20.9 Å². The molecule has 12 heteroatoms. The summed E-state index contributed by atoms with van der Waals surface area (Å²) in [6.45, 7) is 4.03. The molecule has 0 aromatic carbocycles. The van der Waals surface area contributed by atoms with Crippen LogP contribution in [0.15, 0.2) is 23.2 Å². The Balaban J connectivity index is 1.75. The lowest BCUT2D eigenvalue weighted by atomic mass is 10.2. The van der Waals surface area contributed by atoms with E-state index in [-0.39, 0.29) is 36.6 Å². The van der Waals surface area contributed by atoms with Crippen LogP contribution in [0.4, 0.5) is 13.2 Å². The Bertz CT molecular complexity index is 1050. The fraction of sp³-hybridized carbons (Fsp3) is 0.500. The van der Waals surface area contributed by atoms with Gasteiger partial charge >= 0.3 is 6.18 Å². The highest BCUT2D eigenvalue weighted by atomic mass is 32.2. The van der Waals surface area contributed by atoms with Gasteiger partial charge in [-0.15, -0.1) is 0 Å². The summed E-state index contributed by atoms with van der Waals surface area (Å²) in [7, 11) is -2.12. The van der Waals surface area contributed by atoms with Crippen molar-refractivity contribution in [3.8, 4) is 0 Å². The van der Waals surface area contributed by atoms with Crippen molar-refractivity contribution in [3.05, 3.63) is 41.0 Å². The molecular weight excluding hydrogens is 423 g/mol. The molecule has 1 saturated heterocycles. The number of hydrogen-bond donors (Lipinski definition) is 0. The SMILES string of the molecule is Cc1nn(C)c(C)c1S(=O)(=O)N1CCCN(C(=O)c2ccc(C(F)(F)F)nc2)CC1. The molecule has 8 nitrogen and oxygen atoms in total. The number of aryl methyl sites for hydroxylation is 2. The van der Waals surface area contributed by atoms with Gasteiger partial charge in [-0.25, -0.2) is 8.42 Å². The normalized spacial score (nSPS) is 16.5. The molecule has 164 valence electrons. The minimum absolute atomic E-state index is 0.0262. The number of halogens is 3. The van der Waals surface area contributed by atoms with Crippen LogP contribution in [-0.4, -0.2) is 64.5 Å². The van der Waals surface area contributed by atoms with Crippen molar-refractivity contribution >= 4 is 15.9 Å². The van der Waals surface area contributed by atoms with Crippen molar-refractivity contribution in [2.75, 3.05) is 26.2 Å². The third-order valence-electron chi connectivity index (χ3n) is 5.08. The van der Waals surface area contributed by atoms with Gasteiger partial charge in [0, 0.05) is 39.4 Å². The summed E-state index contributed by atoms with van der Waals surface area (Å²) in [4.78, 5) is 17.6. The Morgan fingerprint density at radius 1 is 1.10 bits per heavy atom. The second-order valence-corrected chi connectivity index (χ2v) is 8.98. The summed E-state index contributed by atoms with van der Waals surface area (Å²) in [6, 6.07) is 1.84. The summed E-state index contributed by atoms with van der Waals surface area (Å²) in [5, 5.41) is 4.16. The molecule has 0 radical (unpaired) electrons. The van der Waals surface area contributed by atoms with Crippen LogP contribution < -0.4 is 0 Å². The number of rotatable bonds is 3. The number of pyridine rings is 1. The van der Waals surface area contributed by atoms with E-state index in [2.05, 4.69) is 10.1 Å². The van der Waals surface area contributed by atoms with Crippen LogP contribution in [0.2, 0.25) is 0 Å². The van der Waals surface area contributed by atoms with Gasteiger partial charge in [-0.05, 0) is 32.4 Å². The predicted molar refractivity (Wildman–Crippen MR) is 101 cm³/mol. The quantitative estimate of drug-likeness (QED) is 0.721. The molecule has 0 aliphatic carbocycles. The minimum atomic E-state index is -4.58. The minimum Gasteiger partial charge on any atom is -0.337 e. The Kier molecular flexibility index (Phi) is 5.92. The van der Waals surface area contributed by atoms with Crippen LogP contribution >= 0.6 is 0 Å². The van der Waals surface area contributed by atoms with E-state index in [1.807, 2.05) is 0 Å². The summed E-state index contributed by atoms with van der Waals surface area (Å²) in [6.07, 6.45) is -3.29. The van der Waals surface area contributed by atoms with Crippen LogP contribution in [0, 0.1) is 13.8 Å². The molecule has 1 aliphatic heterocycles. The highest BCUT2D eigenvalue weighted by Gasteiger charge is 2.34. The zero-order valence-corrected chi connectivity index (χ0v) is 17.6. The molecule has 30 heavy (non-hydrogen) atoms. The molecule has 0 spiro atoms. The molecule has 3 rings (SSSR count). The molecule has 0 unspecified atom stereocenters. The lowest BCUT2D eigenvalue weighted by Crippen LogP contribution is -2.37. The van der Waals surface area contributed by atoms with Crippen molar-refractivity contribution in [2.24, 2.45) is 7.05 Å². The summed E-state index contributed by atoms with van der Waals surface area (Å²) < 4.78 is 67.0. The molecule has 1 aliphatic rings. The third-order valence-corrected chi connectivity index (χ3v) is 7.24. The standard InChI is InChI=1S/C18H22F3N5O3S/c1-12-16(13(2)24(3)23-12)30(28,29)26-8-4-7-25(9-10-26)17(27)14-5-6-15(22-11-14)18(19,20)21/h5-6,11H,4,7-10H2,1-3H3. The van der Waals surface area contributed by atoms with Gasteiger partial charge in [0.25, 0.3) is 5.91 Å². The molecule has 0 N–H and O–H groups in total. The molecule has 0 bridgehead atoms. The van der Waals surface area contributed by atoms with Crippen molar-refractivity contribution in [1.29, 1.82) is 0 Å². The van der Waals surface area contributed by atoms with Crippen molar-refractivity contribution in [1.82, 2.24) is 24.0 Å². The van der Waals surface area contributed by atoms with Gasteiger partial charge in [-0.3, -0.25) is 14.5 Å². The Hall–Kier alpha value is -2.47. The molecular formula is C18H22F3N5O3S. The lowest BCUT2D eigenvalue weighted by molar-refractivity contribution is -0.141. The average Bonchev–Trinajstić information content (AvgIpc) is 2.85. The monoisotopic (exact) mass is 445 g/mol. The van der Waals surface area contributed by atoms with Crippen molar-refractivity contribution in [2.45, 2.75) is 31.3 Å². The first-order valence-electron chi connectivity index (χ1n) is 9.26. The zero-order valence-electron chi connectivity index (χ0n) is 16.8. The van der Waals surface area contributed by atoms with E-state index < -0.39 is 27.8 Å². The van der Waals surface area contributed by atoms with E-state index in [9.17, 15) is 26.4 Å². The fourth-order valence-electron chi connectivity index (χ4n) is 3.46. The Labute approximate surface area is 172 Å². The first-order valence-corrected chi connectivity index (χ1v) is 10.7. The van der Waals surface area contributed by atoms with Gasteiger partial charge in [-0.1, -0.05) is 0 Å². The van der Waals surface area contributed by atoms with E-state index in [0.717, 1.165) is 18.3 Å². The number of hydrogen-bond acceptors (Lipinski definition) is 5. The molecule has 3 heterocycles. The molecule has 2 aromatic rings. The number of amides is 1. The summed E-state index contributed by atoms with van der Waals surface area (Å²) in [5.41, 5.74) is -0.115. The maximum absolute atomic E-state index is 13.1. The van der Waals surface area contributed by atoms with Gasteiger partial charge in [0.1, 0.15) is 10.6 Å². The van der Waals surface area contributed by atoms with Gasteiger partial charge in [0.15, 0.2) is 0 Å². The molecule has 0 saturated carbocycles. The first kappa shape index (κ1) is 22.2. The largest absolute Gasteiger partial charge is 0.433 e. The van der Waals surface area contributed by atoms with E-state index >= 15 is 0 Å². The molecule has 0 atom stereocenters. The van der Waals surface area contributed by atoms with Crippen LogP contribution in [0.25, 0.3) is 0 Å². The number of alkyl halides is 3. The van der Waals surface area contributed by atoms with Crippen LogP contribution in [0.5, 0.6) is 0 Å². The number of nitrogens with zero attached hydrogens (tertiary/aromatic N) is 5. The second-order valence-electron chi connectivity index (χ2n) is 7.10. The topological polar surface area (TPSA) is 88.4 Å².